The minimum Gasteiger partial charge on any atom is -0.382 e. The third-order valence-electron chi connectivity index (χ3n) is 3.74. The number of ether oxygens (including phenoxy) is 2. The fourth-order valence-electron chi connectivity index (χ4n) is 2.38. The molecule has 2 amide bonds. The number of halogens is 2. The lowest BCUT2D eigenvalue weighted by molar-refractivity contribution is -0.138. The molecule has 1 aromatic rings. The second kappa shape index (κ2) is 9.22. The van der Waals surface area contributed by atoms with Gasteiger partial charge in [0.05, 0.1) is 23.8 Å². The maximum absolute atomic E-state index is 12.5. The summed E-state index contributed by atoms with van der Waals surface area (Å²) < 4.78 is 10.1. The van der Waals surface area contributed by atoms with Crippen molar-refractivity contribution in [3.05, 3.63) is 33.8 Å². The Labute approximate surface area is 151 Å². The van der Waals surface area contributed by atoms with Gasteiger partial charge in [-0.25, -0.2) is 0 Å². The van der Waals surface area contributed by atoms with Crippen LogP contribution in [0.2, 0.25) is 10.0 Å². The summed E-state index contributed by atoms with van der Waals surface area (Å²) in [5.41, 5.74) is 0.381. The second-order valence-corrected chi connectivity index (χ2v) is 6.19. The van der Waals surface area contributed by atoms with E-state index in [1.807, 2.05) is 0 Å². The Morgan fingerprint density at radius 1 is 1.08 bits per heavy atom. The number of rotatable bonds is 6. The molecule has 2 rings (SSSR count). The second-order valence-electron chi connectivity index (χ2n) is 5.34. The van der Waals surface area contributed by atoms with Crippen molar-refractivity contribution in [3.8, 4) is 0 Å². The number of amides is 2. The smallest absolute Gasteiger partial charge is 0.255 e. The first-order valence-corrected chi connectivity index (χ1v) is 8.37. The lowest BCUT2D eigenvalue weighted by Crippen LogP contribution is -2.51. The van der Waals surface area contributed by atoms with Gasteiger partial charge in [-0.15, -0.1) is 0 Å². The molecule has 8 heteroatoms. The van der Waals surface area contributed by atoms with Gasteiger partial charge in [0, 0.05) is 38.3 Å². The first-order chi connectivity index (χ1) is 11.5. The van der Waals surface area contributed by atoms with Crippen LogP contribution in [0.1, 0.15) is 10.4 Å². The molecule has 0 unspecified atom stereocenters. The molecule has 0 radical (unpaired) electrons. The molecule has 0 saturated carbocycles. The fraction of sp³-hybridized carbons (Fsp3) is 0.500. The number of hydrogen-bond donors (Lipinski definition) is 0. The summed E-state index contributed by atoms with van der Waals surface area (Å²) in [6, 6.07) is 4.81. The maximum atomic E-state index is 12.5. The molecule has 0 N–H and O–H groups in total. The van der Waals surface area contributed by atoms with E-state index in [-0.39, 0.29) is 18.4 Å². The van der Waals surface area contributed by atoms with Crippen molar-refractivity contribution >= 4 is 35.0 Å². The molecule has 0 aromatic heterocycles. The van der Waals surface area contributed by atoms with Gasteiger partial charge in [-0.3, -0.25) is 9.59 Å². The monoisotopic (exact) mass is 374 g/mol. The zero-order valence-corrected chi connectivity index (χ0v) is 15.0. The van der Waals surface area contributed by atoms with E-state index in [2.05, 4.69) is 0 Å². The minimum absolute atomic E-state index is 0.0252. The van der Waals surface area contributed by atoms with Crippen molar-refractivity contribution in [2.45, 2.75) is 0 Å². The number of hydrogen-bond acceptors (Lipinski definition) is 4. The van der Waals surface area contributed by atoms with Crippen molar-refractivity contribution < 1.29 is 19.1 Å². The number of benzene rings is 1. The average Bonchev–Trinajstić information content (AvgIpc) is 2.60. The van der Waals surface area contributed by atoms with Crippen LogP contribution in [-0.4, -0.2) is 74.7 Å². The van der Waals surface area contributed by atoms with Crippen LogP contribution >= 0.6 is 23.2 Å². The van der Waals surface area contributed by atoms with Crippen LogP contribution in [0.15, 0.2) is 18.2 Å². The largest absolute Gasteiger partial charge is 0.382 e. The highest BCUT2D eigenvalue weighted by atomic mass is 35.5. The van der Waals surface area contributed by atoms with Crippen LogP contribution in [0.4, 0.5) is 0 Å². The van der Waals surface area contributed by atoms with Crippen molar-refractivity contribution in [2.24, 2.45) is 0 Å². The molecule has 6 nitrogen and oxygen atoms in total. The van der Waals surface area contributed by atoms with Gasteiger partial charge in [0.25, 0.3) is 5.91 Å². The van der Waals surface area contributed by atoms with Gasteiger partial charge in [0.15, 0.2) is 0 Å². The van der Waals surface area contributed by atoms with Gasteiger partial charge < -0.3 is 19.3 Å². The Bertz CT molecular complexity index is 589. The van der Waals surface area contributed by atoms with E-state index in [1.165, 1.54) is 0 Å². The standard InChI is InChI=1S/C16H20Cl2N2O4/c1-23-8-9-24-11-15(21)19-4-6-20(7-5-19)16(22)13-10-12(17)2-3-14(13)18/h2-3,10H,4-9,11H2,1H3. The highest BCUT2D eigenvalue weighted by molar-refractivity contribution is 6.35. The highest BCUT2D eigenvalue weighted by Crippen LogP contribution is 2.22. The maximum Gasteiger partial charge on any atom is 0.255 e. The molecule has 1 saturated heterocycles. The van der Waals surface area contributed by atoms with Crippen LogP contribution in [0, 0.1) is 0 Å². The number of carbonyl (C=O) groups is 2. The van der Waals surface area contributed by atoms with Crippen molar-refractivity contribution in [3.63, 3.8) is 0 Å². The molecule has 0 atom stereocenters. The molecule has 0 bridgehead atoms. The lowest BCUT2D eigenvalue weighted by Gasteiger charge is -2.35. The summed E-state index contributed by atoms with van der Waals surface area (Å²) in [5, 5.41) is 0.833. The fourth-order valence-corrected chi connectivity index (χ4v) is 2.75. The molecule has 1 heterocycles. The minimum atomic E-state index is -0.175. The first kappa shape index (κ1) is 19.0. The van der Waals surface area contributed by atoms with Crippen LogP contribution in [0.25, 0.3) is 0 Å². The first-order valence-electron chi connectivity index (χ1n) is 7.61. The third kappa shape index (κ3) is 5.08. The van der Waals surface area contributed by atoms with Crippen molar-refractivity contribution in [2.75, 3.05) is 53.1 Å². The van der Waals surface area contributed by atoms with Gasteiger partial charge >= 0.3 is 0 Å². The predicted octanol–water partition coefficient (Wildman–Crippen LogP) is 1.94. The van der Waals surface area contributed by atoms with E-state index in [0.29, 0.717) is 55.0 Å². The zero-order chi connectivity index (χ0) is 17.5. The Morgan fingerprint density at radius 3 is 2.42 bits per heavy atom. The molecule has 0 aliphatic carbocycles. The summed E-state index contributed by atoms with van der Waals surface area (Å²) in [4.78, 5) is 27.9. The molecular formula is C16H20Cl2N2O4. The molecular weight excluding hydrogens is 355 g/mol. The third-order valence-corrected chi connectivity index (χ3v) is 4.30. The normalized spacial score (nSPS) is 14.8. The number of nitrogens with zero attached hydrogens (tertiary/aromatic N) is 2. The molecule has 24 heavy (non-hydrogen) atoms. The quantitative estimate of drug-likeness (QED) is 0.714. The lowest BCUT2D eigenvalue weighted by atomic mass is 10.1. The van der Waals surface area contributed by atoms with E-state index >= 15 is 0 Å². The van der Waals surface area contributed by atoms with Crippen LogP contribution in [0.5, 0.6) is 0 Å². The topological polar surface area (TPSA) is 59.1 Å². The summed E-state index contributed by atoms with van der Waals surface area (Å²) in [6.45, 7) is 2.70. The average molecular weight is 375 g/mol. The van der Waals surface area contributed by atoms with Gasteiger partial charge in [0.2, 0.25) is 5.91 Å². The van der Waals surface area contributed by atoms with Crippen LogP contribution in [0.3, 0.4) is 0 Å². The van der Waals surface area contributed by atoms with E-state index in [1.54, 1.807) is 35.1 Å². The van der Waals surface area contributed by atoms with Gasteiger partial charge in [-0.1, -0.05) is 23.2 Å². The highest BCUT2D eigenvalue weighted by Gasteiger charge is 2.26. The SMILES string of the molecule is COCCOCC(=O)N1CCN(C(=O)c2cc(Cl)ccc2Cl)CC1. The number of piperazine rings is 1. The van der Waals surface area contributed by atoms with Gasteiger partial charge in [0.1, 0.15) is 6.61 Å². The Kier molecular flexibility index (Phi) is 7.30. The summed E-state index contributed by atoms with van der Waals surface area (Å²) in [7, 11) is 1.58. The van der Waals surface area contributed by atoms with E-state index in [0.717, 1.165) is 0 Å². The summed E-state index contributed by atoms with van der Waals surface area (Å²) in [5.74, 6) is -0.259. The zero-order valence-electron chi connectivity index (χ0n) is 13.5. The van der Waals surface area contributed by atoms with Crippen molar-refractivity contribution in [1.29, 1.82) is 0 Å². The number of methoxy groups -OCH3 is 1. The van der Waals surface area contributed by atoms with E-state index in [9.17, 15) is 9.59 Å². The van der Waals surface area contributed by atoms with Crippen LogP contribution < -0.4 is 0 Å². The number of carbonyl (C=O) groups excluding carboxylic acids is 2. The van der Waals surface area contributed by atoms with Gasteiger partial charge in [-0.2, -0.15) is 0 Å². The summed E-state index contributed by atoms with van der Waals surface area (Å²) >= 11 is 12.0. The van der Waals surface area contributed by atoms with Gasteiger partial charge in [-0.05, 0) is 18.2 Å². The Morgan fingerprint density at radius 2 is 1.75 bits per heavy atom. The molecule has 1 aromatic carbocycles. The summed E-state index contributed by atoms with van der Waals surface area (Å²) in [6.07, 6.45) is 0. The predicted molar refractivity (Wildman–Crippen MR) is 91.6 cm³/mol. The Balaban J connectivity index is 1.85. The molecule has 0 spiro atoms. The van der Waals surface area contributed by atoms with E-state index in [4.69, 9.17) is 32.7 Å². The molecule has 132 valence electrons. The molecule has 1 aliphatic heterocycles. The van der Waals surface area contributed by atoms with E-state index < -0.39 is 0 Å². The van der Waals surface area contributed by atoms with Crippen molar-refractivity contribution in [1.82, 2.24) is 9.80 Å². The molecule has 1 aliphatic rings. The Hall–Kier alpha value is -1.34. The van der Waals surface area contributed by atoms with Crippen LogP contribution in [-0.2, 0) is 14.3 Å². The molecule has 1 fully saturated rings.